The highest BCUT2D eigenvalue weighted by Gasteiger charge is 2.44. The Morgan fingerprint density at radius 3 is 2.65 bits per heavy atom. The first-order valence-electron chi connectivity index (χ1n) is 10.1. The molecule has 2 atom stereocenters. The van der Waals surface area contributed by atoms with E-state index in [1.54, 1.807) is 0 Å². The summed E-state index contributed by atoms with van der Waals surface area (Å²) in [6, 6.07) is 2.33. The van der Waals surface area contributed by atoms with Crippen LogP contribution >= 0.6 is 22.9 Å². The van der Waals surface area contributed by atoms with Gasteiger partial charge in [0.2, 0.25) is 11.7 Å². The quantitative estimate of drug-likeness (QED) is 0.349. The number of anilines is 1. The third-order valence-electron chi connectivity index (χ3n) is 5.76. The number of halogens is 3. The Labute approximate surface area is 201 Å². The lowest BCUT2D eigenvalue weighted by molar-refractivity contribution is -0.152. The van der Waals surface area contributed by atoms with Crippen LogP contribution in [0.25, 0.3) is 5.57 Å². The molecule has 1 unspecified atom stereocenters. The van der Waals surface area contributed by atoms with Crippen molar-refractivity contribution in [3.05, 3.63) is 56.2 Å². The van der Waals surface area contributed by atoms with Crippen LogP contribution in [0, 0.1) is 11.6 Å². The lowest BCUT2D eigenvalue weighted by atomic mass is 9.92. The van der Waals surface area contributed by atoms with E-state index in [0.717, 1.165) is 6.07 Å². The molecular formula is C22H18ClF2N3O5S. The van der Waals surface area contributed by atoms with Gasteiger partial charge in [0.15, 0.2) is 12.4 Å². The van der Waals surface area contributed by atoms with E-state index in [4.69, 9.17) is 27.8 Å². The number of amides is 2. The number of nitrogen functional groups attached to an aromatic ring is 1. The van der Waals surface area contributed by atoms with Gasteiger partial charge in [-0.3, -0.25) is 14.4 Å². The van der Waals surface area contributed by atoms with E-state index in [1.807, 2.05) is 0 Å². The summed E-state index contributed by atoms with van der Waals surface area (Å²) in [5, 5.41) is -0.119. The third-order valence-corrected chi connectivity index (χ3v) is 7.22. The molecule has 12 heteroatoms. The zero-order chi connectivity index (χ0) is 24.7. The van der Waals surface area contributed by atoms with Crippen molar-refractivity contribution in [2.24, 2.45) is 5.73 Å². The van der Waals surface area contributed by atoms with Crippen molar-refractivity contribution in [1.29, 1.82) is 0 Å². The van der Waals surface area contributed by atoms with Crippen LogP contribution in [0.1, 0.15) is 44.2 Å². The zero-order valence-corrected chi connectivity index (χ0v) is 19.1. The average Bonchev–Trinajstić information content (AvgIpc) is 3.39. The highest BCUT2D eigenvalue weighted by atomic mass is 35.5. The van der Waals surface area contributed by atoms with Crippen molar-refractivity contribution < 1.29 is 32.7 Å². The van der Waals surface area contributed by atoms with Crippen molar-refractivity contribution in [3.63, 3.8) is 0 Å². The molecule has 178 valence electrons. The summed E-state index contributed by atoms with van der Waals surface area (Å²) < 4.78 is 33.3. The summed E-state index contributed by atoms with van der Waals surface area (Å²) in [4.78, 5) is 49.7. The SMILES string of the molecule is NC(=O)c1sc(C(=O)COC(=O)[C@@H]2CCC3CC(c4c(N)ccc(Cl)c4F)=CC(=O)N32)cc1F. The first kappa shape index (κ1) is 23.8. The largest absolute Gasteiger partial charge is 0.456 e. The van der Waals surface area contributed by atoms with Crippen LogP contribution in [0.15, 0.2) is 24.3 Å². The van der Waals surface area contributed by atoms with E-state index in [2.05, 4.69) is 0 Å². The Kier molecular flexibility index (Phi) is 6.41. The van der Waals surface area contributed by atoms with Crippen LogP contribution in [-0.2, 0) is 14.3 Å². The van der Waals surface area contributed by atoms with Crippen LogP contribution in [0.3, 0.4) is 0 Å². The number of primary amides is 1. The van der Waals surface area contributed by atoms with Gasteiger partial charge in [-0.1, -0.05) is 11.6 Å². The topological polar surface area (TPSA) is 133 Å². The van der Waals surface area contributed by atoms with Crippen molar-refractivity contribution >= 4 is 57.8 Å². The van der Waals surface area contributed by atoms with Gasteiger partial charge in [-0.15, -0.1) is 11.3 Å². The summed E-state index contributed by atoms with van der Waals surface area (Å²) in [7, 11) is 0. The van der Waals surface area contributed by atoms with Gasteiger partial charge in [0, 0.05) is 23.4 Å². The summed E-state index contributed by atoms with van der Waals surface area (Å²) >= 11 is 6.43. The number of fused-ring (bicyclic) bond motifs is 1. The van der Waals surface area contributed by atoms with Crippen LogP contribution < -0.4 is 11.5 Å². The van der Waals surface area contributed by atoms with Gasteiger partial charge < -0.3 is 21.1 Å². The molecule has 1 aromatic heterocycles. The van der Waals surface area contributed by atoms with Crippen LogP contribution in [-0.4, -0.2) is 47.2 Å². The molecule has 4 N–H and O–H groups in total. The van der Waals surface area contributed by atoms with Crippen molar-refractivity contribution in [3.8, 4) is 0 Å². The maximum atomic E-state index is 14.6. The fourth-order valence-corrected chi connectivity index (χ4v) is 5.20. The van der Waals surface area contributed by atoms with Gasteiger partial charge in [-0.2, -0.15) is 0 Å². The second-order valence-corrected chi connectivity index (χ2v) is 9.33. The first-order chi connectivity index (χ1) is 16.1. The molecule has 0 bridgehead atoms. The summed E-state index contributed by atoms with van der Waals surface area (Å²) in [5.41, 5.74) is 11.5. The molecule has 1 saturated heterocycles. The van der Waals surface area contributed by atoms with Gasteiger partial charge >= 0.3 is 5.97 Å². The lowest BCUT2D eigenvalue weighted by Crippen LogP contribution is -2.47. The van der Waals surface area contributed by atoms with Crippen molar-refractivity contribution in [1.82, 2.24) is 4.90 Å². The summed E-state index contributed by atoms with van der Waals surface area (Å²) in [6.07, 6.45) is 2.23. The Bertz CT molecular complexity index is 1260. The summed E-state index contributed by atoms with van der Waals surface area (Å²) in [6.45, 7) is -0.689. The third kappa shape index (κ3) is 4.28. The number of ether oxygens (including phenoxy) is 1. The van der Waals surface area contributed by atoms with Crippen LogP contribution in [0.2, 0.25) is 5.02 Å². The van der Waals surface area contributed by atoms with E-state index in [9.17, 15) is 28.0 Å². The lowest BCUT2D eigenvalue weighted by Gasteiger charge is -2.33. The predicted molar refractivity (Wildman–Crippen MR) is 120 cm³/mol. The van der Waals surface area contributed by atoms with E-state index < -0.39 is 52.7 Å². The first-order valence-corrected chi connectivity index (χ1v) is 11.3. The fraction of sp³-hybridized carbons (Fsp3) is 0.273. The molecule has 0 spiro atoms. The molecule has 3 heterocycles. The second-order valence-electron chi connectivity index (χ2n) is 7.87. The maximum Gasteiger partial charge on any atom is 0.329 e. The Morgan fingerprint density at radius 2 is 1.97 bits per heavy atom. The Balaban J connectivity index is 1.45. The maximum absolute atomic E-state index is 14.6. The molecule has 2 aliphatic heterocycles. The monoisotopic (exact) mass is 509 g/mol. The number of Topliss-reactive ketones (excluding diaryl/α,β-unsaturated/α-hetero) is 1. The number of nitrogens with zero attached hydrogens (tertiary/aromatic N) is 1. The van der Waals surface area contributed by atoms with Crippen LogP contribution in [0.5, 0.6) is 0 Å². The number of hydrogen-bond donors (Lipinski definition) is 2. The molecule has 34 heavy (non-hydrogen) atoms. The number of hydrogen-bond acceptors (Lipinski definition) is 7. The number of carbonyl (C=O) groups excluding carboxylic acids is 4. The minimum Gasteiger partial charge on any atom is -0.456 e. The number of rotatable bonds is 6. The summed E-state index contributed by atoms with van der Waals surface area (Å²) in [5.74, 6) is -4.66. The average molecular weight is 510 g/mol. The molecule has 1 aromatic carbocycles. The molecule has 0 radical (unpaired) electrons. The number of carbonyl (C=O) groups is 4. The molecule has 2 aliphatic rings. The molecule has 1 fully saturated rings. The van der Waals surface area contributed by atoms with Crippen LogP contribution in [0.4, 0.5) is 14.5 Å². The van der Waals surface area contributed by atoms with Crippen molar-refractivity contribution in [2.45, 2.75) is 31.3 Å². The normalized spacial score (nSPS) is 19.6. The standard InChI is InChI=1S/C22H18ClF2N3O5S/c23-11-2-3-13(26)18(19(11)25)9-5-10-1-4-14(28(10)17(30)6-9)22(32)33-8-15(29)16-7-12(24)20(34-16)21(27)31/h2-3,6-7,10,14H,1,4-5,8,26H2,(H2,27,31)/t10?,14-/m0/s1. The minimum absolute atomic E-state index is 0.0654. The molecule has 4 rings (SSSR count). The number of nitrogens with two attached hydrogens (primary N) is 2. The zero-order valence-electron chi connectivity index (χ0n) is 17.5. The number of benzene rings is 1. The smallest absolute Gasteiger partial charge is 0.329 e. The fourth-order valence-electron chi connectivity index (χ4n) is 4.23. The van der Waals surface area contributed by atoms with Crippen molar-refractivity contribution in [2.75, 3.05) is 12.3 Å². The number of thiophene rings is 1. The van der Waals surface area contributed by atoms with E-state index >= 15 is 0 Å². The van der Waals surface area contributed by atoms with E-state index in [0.29, 0.717) is 23.3 Å². The Morgan fingerprint density at radius 1 is 1.24 bits per heavy atom. The molecule has 2 amide bonds. The van der Waals surface area contributed by atoms with E-state index in [1.165, 1.54) is 23.1 Å². The Hall–Kier alpha value is -3.31. The van der Waals surface area contributed by atoms with Gasteiger partial charge in [0.05, 0.1) is 9.90 Å². The van der Waals surface area contributed by atoms with Gasteiger partial charge in [0.1, 0.15) is 16.7 Å². The second kappa shape index (κ2) is 9.15. The molecule has 0 saturated carbocycles. The highest BCUT2D eigenvalue weighted by molar-refractivity contribution is 7.16. The number of esters is 1. The minimum atomic E-state index is -1.01. The molecular weight excluding hydrogens is 492 g/mol. The van der Waals surface area contributed by atoms with E-state index in [-0.39, 0.29) is 40.0 Å². The molecule has 2 aromatic rings. The predicted octanol–water partition coefficient (Wildman–Crippen LogP) is 2.93. The molecule has 0 aliphatic carbocycles. The van der Waals surface area contributed by atoms with Gasteiger partial charge in [-0.05, 0) is 43.0 Å². The van der Waals surface area contributed by atoms with Gasteiger partial charge in [-0.25, -0.2) is 13.6 Å². The highest BCUT2D eigenvalue weighted by Crippen LogP contribution is 2.40. The van der Waals surface area contributed by atoms with Gasteiger partial charge in [0.25, 0.3) is 5.91 Å². The molecule has 8 nitrogen and oxygen atoms in total. The number of ketones is 1.